The number of thioether (sulfide) groups is 1. The second-order valence-electron chi connectivity index (χ2n) is 5.20. The van der Waals surface area contributed by atoms with Gasteiger partial charge in [0.15, 0.2) is 5.17 Å². The van der Waals surface area contributed by atoms with Gasteiger partial charge in [0.2, 0.25) is 11.8 Å². The molecule has 0 bridgehead atoms. The highest BCUT2D eigenvalue weighted by molar-refractivity contribution is 8.15. The van der Waals surface area contributed by atoms with E-state index in [1.54, 1.807) is 0 Å². The van der Waals surface area contributed by atoms with Gasteiger partial charge < -0.3 is 10.6 Å². The minimum atomic E-state index is -0.399. The molecule has 1 aliphatic rings. The van der Waals surface area contributed by atoms with E-state index in [0.29, 0.717) is 11.7 Å². The van der Waals surface area contributed by atoms with Crippen molar-refractivity contribution in [3.8, 4) is 0 Å². The molecule has 2 rings (SSSR count). The Morgan fingerprint density at radius 3 is 2.91 bits per heavy atom. The van der Waals surface area contributed by atoms with Gasteiger partial charge in [0, 0.05) is 18.7 Å². The van der Waals surface area contributed by atoms with Crippen LogP contribution in [0, 0.1) is 6.92 Å². The van der Waals surface area contributed by atoms with Gasteiger partial charge in [-0.2, -0.15) is 0 Å². The summed E-state index contributed by atoms with van der Waals surface area (Å²) in [7, 11) is 0. The SMILES string of the molecule is CCCCN=C1NC(=O)C(CC(=O)Nc2ccccc2C)S1. The Hall–Kier alpha value is -1.82. The molecular formula is C16H21N3O2S. The molecule has 5 nitrogen and oxygen atoms in total. The van der Waals surface area contributed by atoms with Crippen LogP contribution in [0.15, 0.2) is 29.3 Å². The highest BCUT2D eigenvalue weighted by Crippen LogP contribution is 2.23. The largest absolute Gasteiger partial charge is 0.326 e. The smallest absolute Gasteiger partial charge is 0.240 e. The van der Waals surface area contributed by atoms with Crippen LogP contribution in [0.2, 0.25) is 0 Å². The average molecular weight is 319 g/mol. The van der Waals surface area contributed by atoms with Crippen LogP contribution in [0.1, 0.15) is 31.7 Å². The first kappa shape index (κ1) is 16.5. The number of rotatable bonds is 6. The van der Waals surface area contributed by atoms with Crippen molar-refractivity contribution < 1.29 is 9.59 Å². The van der Waals surface area contributed by atoms with E-state index in [0.717, 1.165) is 24.1 Å². The van der Waals surface area contributed by atoms with Gasteiger partial charge in [-0.3, -0.25) is 14.6 Å². The fraction of sp³-hybridized carbons (Fsp3) is 0.438. The number of nitrogens with one attached hydrogen (secondary N) is 2. The standard InChI is InChI=1S/C16H21N3O2S/c1-3-4-9-17-16-19-15(21)13(22-16)10-14(20)18-12-8-6-5-7-11(12)2/h5-8,13H,3-4,9-10H2,1-2H3,(H,18,20)(H,17,19,21). The first-order chi connectivity index (χ1) is 10.6. The van der Waals surface area contributed by atoms with E-state index in [4.69, 9.17) is 0 Å². The van der Waals surface area contributed by atoms with E-state index in [-0.39, 0.29) is 18.2 Å². The zero-order valence-electron chi connectivity index (χ0n) is 12.9. The molecule has 118 valence electrons. The quantitative estimate of drug-likeness (QED) is 0.792. The van der Waals surface area contributed by atoms with Gasteiger partial charge in [-0.25, -0.2) is 0 Å². The maximum absolute atomic E-state index is 12.1. The summed E-state index contributed by atoms with van der Waals surface area (Å²) in [6.07, 6.45) is 2.22. The van der Waals surface area contributed by atoms with Crippen molar-refractivity contribution in [3.05, 3.63) is 29.8 Å². The first-order valence-electron chi connectivity index (χ1n) is 7.47. The summed E-state index contributed by atoms with van der Waals surface area (Å²) in [6.45, 7) is 4.74. The zero-order valence-corrected chi connectivity index (χ0v) is 13.7. The van der Waals surface area contributed by atoms with Gasteiger partial charge in [-0.1, -0.05) is 43.3 Å². The second kappa shape index (κ2) is 7.98. The molecule has 1 aromatic carbocycles. The Bertz CT molecular complexity index is 587. The molecule has 0 aliphatic carbocycles. The summed E-state index contributed by atoms with van der Waals surface area (Å²) >= 11 is 1.34. The summed E-state index contributed by atoms with van der Waals surface area (Å²) in [6, 6.07) is 7.58. The molecule has 1 aliphatic heterocycles. The van der Waals surface area contributed by atoms with E-state index in [1.807, 2.05) is 31.2 Å². The normalized spacial score (nSPS) is 19.3. The Balaban J connectivity index is 1.88. The van der Waals surface area contributed by atoms with Crippen LogP contribution in [0.25, 0.3) is 0 Å². The fourth-order valence-electron chi connectivity index (χ4n) is 2.04. The summed E-state index contributed by atoms with van der Waals surface area (Å²) in [5.41, 5.74) is 1.79. The van der Waals surface area contributed by atoms with Gasteiger partial charge >= 0.3 is 0 Å². The van der Waals surface area contributed by atoms with Crippen LogP contribution < -0.4 is 10.6 Å². The molecule has 2 N–H and O–H groups in total. The summed E-state index contributed by atoms with van der Waals surface area (Å²) in [5, 5.41) is 5.82. The van der Waals surface area contributed by atoms with E-state index in [1.165, 1.54) is 11.8 Å². The van der Waals surface area contributed by atoms with Crippen LogP contribution >= 0.6 is 11.8 Å². The molecule has 0 spiro atoms. The van der Waals surface area contributed by atoms with Gasteiger partial charge in [0.25, 0.3) is 0 Å². The number of hydrogen-bond acceptors (Lipinski definition) is 4. The molecule has 1 atom stereocenters. The van der Waals surface area contributed by atoms with Crippen molar-refractivity contribution in [2.24, 2.45) is 4.99 Å². The minimum absolute atomic E-state index is 0.139. The second-order valence-corrected chi connectivity index (χ2v) is 6.39. The highest BCUT2D eigenvalue weighted by Gasteiger charge is 2.31. The van der Waals surface area contributed by atoms with Gasteiger partial charge in [-0.15, -0.1) is 0 Å². The number of aryl methyl sites for hydroxylation is 1. The Morgan fingerprint density at radius 2 is 2.18 bits per heavy atom. The van der Waals surface area contributed by atoms with Crippen molar-refractivity contribution in [1.29, 1.82) is 0 Å². The monoisotopic (exact) mass is 319 g/mol. The molecule has 0 radical (unpaired) electrons. The van der Waals surface area contributed by atoms with Crippen molar-refractivity contribution in [3.63, 3.8) is 0 Å². The average Bonchev–Trinajstić information content (AvgIpc) is 2.82. The zero-order chi connectivity index (χ0) is 15.9. The van der Waals surface area contributed by atoms with Crippen LogP contribution in [0.3, 0.4) is 0 Å². The maximum atomic E-state index is 12.1. The molecule has 0 saturated carbocycles. The van der Waals surface area contributed by atoms with Crippen LogP contribution in [0.5, 0.6) is 0 Å². The molecule has 1 saturated heterocycles. The number of para-hydroxylation sites is 1. The number of benzene rings is 1. The van der Waals surface area contributed by atoms with Crippen molar-refractivity contribution in [2.75, 3.05) is 11.9 Å². The first-order valence-corrected chi connectivity index (χ1v) is 8.35. The van der Waals surface area contributed by atoms with Crippen molar-refractivity contribution >= 4 is 34.4 Å². The summed E-state index contributed by atoms with van der Waals surface area (Å²) in [4.78, 5) is 28.3. The number of amides is 2. The van der Waals surface area contributed by atoms with E-state index in [2.05, 4.69) is 22.5 Å². The highest BCUT2D eigenvalue weighted by atomic mass is 32.2. The van der Waals surface area contributed by atoms with Crippen LogP contribution in [-0.4, -0.2) is 28.8 Å². The molecule has 1 fully saturated rings. The molecule has 1 heterocycles. The Morgan fingerprint density at radius 1 is 1.41 bits per heavy atom. The molecule has 1 aromatic rings. The molecule has 6 heteroatoms. The molecule has 1 unspecified atom stereocenters. The third kappa shape index (κ3) is 4.59. The predicted molar refractivity (Wildman–Crippen MR) is 91.2 cm³/mol. The minimum Gasteiger partial charge on any atom is -0.326 e. The van der Waals surface area contributed by atoms with Crippen LogP contribution in [0.4, 0.5) is 5.69 Å². The number of hydrogen-bond donors (Lipinski definition) is 2. The third-order valence-corrected chi connectivity index (χ3v) is 4.45. The number of unbranched alkanes of at least 4 members (excludes halogenated alkanes) is 1. The van der Waals surface area contributed by atoms with Gasteiger partial charge in [0.05, 0.1) is 0 Å². The number of aliphatic imine (C=N–C) groups is 1. The maximum Gasteiger partial charge on any atom is 0.240 e. The summed E-state index contributed by atoms with van der Waals surface area (Å²) < 4.78 is 0. The molecule has 22 heavy (non-hydrogen) atoms. The van der Waals surface area contributed by atoms with Gasteiger partial charge in [-0.05, 0) is 25.0 Å². The predicted octanol–water partition coefficient (Wildman–Crippen LogP) is 2.71. The van der Waals surface area contributed by atoms with Crippen LogP contribution in [-0.2, 0) is 9.59 Å². The number of carbonyl (C=O) groups is 2. The van der Waals surface area contributed by atoms with Crippen molar-refractivity contribution in [1.82, 2.24) is 5.32 Å². The number of amidine groups is 1. The number of carbonyl (C=O) groups excluding carboxylic acids is 2. The number of nitrogens with zero attached hydrogens (tertiary/aromatic N) is 1. The molecule has 2 amide bonds. The van der Waals surface area contributed by atoms with Gasteiger partial charge in [0.1, 0.15) is 5.25 Å². The molecular weight excluding hydrogens is 298 g/mol. The lowest BCUT2D eigenvalue weighted by molar-refractivity contribution is -0.122. The Labute approximate surface area is 135 Å². The van der Waals surface area contributed by atoms with Crippen molar-refractivity contribution in [2.45, 2.75) is 38.4 Å². The van der Waals surface area contributed by atoms with E-state index < -0.39 is 5.25 Å². The van der Waals surface area contributed by atoms with E-state index in [9.17, 15) is 9.59 Å². The Kier molecular flexibility index (Phi) is 6.00. The molecule has 0 aromatic heterocycles. The summed E-state index contributed by atoms with van der Waals surface area (Å²) in [5.74, 6) is -0.294. The lowest BCUT2D eigenvalue weighted by atomic mass is 10.2. The lowest BCUT2D eigenvalue weighted by Gasteiger charge is -2.09. The number of anilines is 1. The topological polar surface area (TPSA) is 70.6 Å². The lowest BCUT2D eigenvalue weighted by Crippen LogP contribution is -2.28. The third-order valence-electron chi connectivity index (χ3n) is 3.33. The van der Waals surface area contributed by atoms with E-state index >= 15 is 0 Å². The fourth-order valence-corrected chi connectivity index (χ4v) is 3.03.